The van der Waals surface area contributed by atoms with Gasteiger partial charge in [-0.2, -0.15) is 4.98 Å². The highest BCUT2D eigenvalue weighted by Gasteiger charge is 2.38. The average Bonchev–Trinajstić information content (AvgIpc) is 2.93. The Labute approximate surface area is 227 Å². The Balaban J connectivity index is 1.53. The maximum Gasteiger partial charge on any atom is 0.348 e. The van der Waals surface area contributed by atoms with Gasteiger partial charge in [0.25, 0.3) is 0 Å². The minimum atomic E-state index is -0.830. The summed E-state index contributed by atoms with van der Waals surface area (Å²) in [5.74, 6) is 0.955. The molecule has 1 atom stereocenters. The van der Waals surface area contributed by atoms with E-state index in [1.54, 1.807) is 24.4 Å². The molecule has 0 spiro atoms. The van der Waals surface area contributed by atoms with Crippen molar-refractivity contribution in [3.05, 3.63) is 57.6 Å². The van der Waals surface area contributed by atoms with Crippen molar-refractivity contribution in [2.24, 2.45) is 5.41 Å². The molecule has 0 radical (unpaired) electrons. The predicted molar refractivity (Wildman–Crippen MR) is 146 cm³/mol. The summed E-state index contributed by atoms with van der Waals surface area (Å²) in [4.78, 5) is 40.9. The van der Waals surface area contributed by atoms with Gasteiger partial charge in [0.05, 0.1) is 16.5 Å². The number of hydrogen-bond acceptors (Lipinski definition) is 6. The molecule has 0 aliphatic heterocycles. The first-order chi connectivity index (χ1) is 18.3. The SMILES string of the molecule is CCC[C@@H](C)Oc1ccc(-c2nc(-c3cc(CCC(=O)C4(CF)CCCCC4)ccc3Cl)[nH]c(=O)n2)cn1. The highest BCUT2D eigenvalue weighted by Crippen LogP contribution is 2.39. The molecular weight excluding hydrogens is 507 g/mol. The van der Waals surface area contributed by atoms with E-state index in [4.69, 9.17) is 16.3 Å². The maximum atomic E-state index is 13.9. The van der Waals surface area contributed by atoms with Crippen LogP contribution in [-0.4, -0.2) is 38.5 Å². The fourth-order valence-electron chi connectivity index (χ4n) is 5.04. The van der Waals surface area contributed by atoms with Gasteiger partial charge >= 0.3 is 5.69 Å². The van der Waals surface area contributed by atoms with Crippen LogP contribution in [0.25, 0.3) is 22.8 Å². The second kappa shape index (κ2) is 12.6. The number of rotatable bonds is 11. The van der Waals surface area contributed by atoms with Crippen LogP contribution in [0.5, 0.6) is 5.88 Å². The number of alkyl halides is 1. The molecule has 1 N–H and O–H groups in total. The van der Waals surface area contributed by atoms with Crippen molar-refractivity contribution in [2.75, 3.05) is 6.67 Å². The van der Waals surface area contributed by atoms with Crippen molar-refractivity contribution in [3.63, 3.8) is 0 Å². The number of Topliss-reactive ketones (excluding diaryl/α,β-unsaturated/α-hetero) is 1. The van der Waals surface area contributed by atoms with Crippen LogP contribution in [0.4, 0.5) is 4.39 Å². The van der Waals surface area contributed by atoms with E-state index in [0.29, 0.717) is 41.3 Å². The first-order valence-corrected chi connectivity index (χ1v) is 13.7. The minimum Gasteiger partial charge on any atom is -0.475 e. The van der Waals surface area contributed by atoms with Crippen LogP contribution in [0.1, 0.15) is 70.8 Å². The number of ether oxygens (including phenoxy) is 1. The molecule has 3 aromatic rings. The Hall–Kier alpha value is -3.13. The van der Waals surface area contributed by atoms with Crippen LogP contribution in [-0.2, 0) is 11.2 Å². The van der Waals surface area contributed by atoms with Crippen LogP contribution in [0.2, 0.25) is 5.02 Å². The monoisotopic (exact) mass is 540 g/mol. The summed E-state index contributed by atoms with van der Waals surface area (Å²) in [7, 11) is 0. The largest absolute Gasteiger partial charge is 0.475 e. The quantitative estimate of drug-likeness (QED) is 0.296. The van der Waals surface area contributed by atoms with Crippen molar-refractivity contribution < 1.29 is 13.9 Å². The Bertz CT molecular complexity index is 1310. The van der Waals surface area contributed by atoms with Gasteiger partial charge in [-0.05, 0) is 56.4 Å². The fourth-order valence-corrected chi connectivity index (χ4v) is 5.25. The number of carbonyl (C=O) groups excluding carboxylic acids is 1. The summed E-state index contributed by atoms with van der Waals surface area (Å²) in [6.07, 6.45) is 8.37. The number of ketones is 1. The minimum absolute atomic E-state index is 0.0158. The van der Waals surface area contributed by atoms with Crippen LogP contribution < -0.4 is 10.4 Å². The van der Waals surface area contributed by atoms with E-state index < -0.39 is 17.8 Å². The molecule has 1 aliphatic carbocycles. The molecule has 4 rings (SSSR count). The lowest BCUT2D eigenvalue weighted by molar-refractivity contribution is -0.131. The third-order valence-electron chi connectivity index (χ3n) is 7.25. The second-order valence-corrected chi connectivity index (χ2v) is 10.5. The summed E-state index contributed by atoms with van der Waals surface area (Å²) >= 11 is 6.48. The Morgan fingerprint density at radius 3 is 2.66 bits per heavy atom. The highest BCUT2D eigenvalue weighted by molar-refractivity contribution is 6.33. The smallest absolute Gasteiger partial charge is 0.348 e. The molecule has 38 heavy (non-hydrogen) atoms. The Kier molecular flexibility index (Phi) is 9.26. The van der Waals surface area contributed by atoms with Crippen LogP contribution in [0, 0.1) is 5.41 Å². The molecule has 0 amide bonds. The van der Waals surface area contributed by atoms with Gasteiger partial charge in [-0.3, -0.25) is 14.2 Å². The van der Waals surface area contributed by atoms with Crippen molar-refractivity contribution in [1.82, 2.24) is 19.9 Å². The number of aromatic nitrogens is 4. The highest BCUT2D eigenvalue weighted by atomic mass is 35.5. The zero-order valence-corrected chi connectivity index (χ0v) is 22.7. The first kappa shape index (κ1) is 27.9. The molecular formula is C29H34ClFN4O3. The van der Waals surface area contributed by atoms with Gasteiger partial charge in [0, 0.05) is 29.8 Å². The zero-order chi connectivity index (χ0) is 27.1. The molecule has 1 fully saturated rings. The molecule has 202 valence electrons. The van der Waals surface area contributed by atoms with E-state index in [9.17, 15) is 14.0 Å². The zero-order valence-electron chi connectivity index (χ0n) is 21.9. The molecule has 0 bridgehead atoms. The van der Waals surface area contributed by atoms with Crippen LogP contribution >= 0.6 is 11.6 Å². The predicted octanol–water partition coefficient (Wildman–Crippen LogP) is 6.54. The number of aryl methyl sites for hydroxylation is 1. The molecule has 2 aromatic heterocycles. The van der Waals surface area contributed by atoms with E-state index >= 15 is 0 Å². The summed E-state index contributed by atoms with van der Waals surface area (Å²) < 4.78 is 19.7. The molecule has 2 heterocycles. The van der Waals surface area contributed by atoms with Crippen molar-refractivity contribution in [3.8, 4) is 28.7 Å². The molecule has 0 unspecified atom stereocenters. The number of H-pyrrole nitrogens is 1. The number of benzene rings is 1. The van der Waals surface area contributed by atoms with E-state index in [1.165, 1.54) is 0 Å². The normalized spacial score (nSPS) is 15.7. The van der Waals surface area contributed by atoms with Crippen molar-refractivity contribution in [1.29, 1.82) is 0 Å². The molecule has 0 saturated heterocycles. The number of aromatic amines is 1. The van der Waals surface area contributed by atoms with Crippen molar-refractivity contribution >= 4 is 17.4 Å². The Morgan fingerprint density at radius 2 is 1.97 bits per heavy atom. The number of halogens is 2. The number of hydrogen-bond donors (Lipinski definition) is 1. The summed E-state index contributed by atoms with van der Waals surface area (Å²) in [6, 6.07) is 8.85. The number of pyridine rings is 1. The molecule has 1 aliphatic rings. The van der Waals surface area contributed by atoms with Crippen molar-refractivity contribution in [2.45, 2.75) is 77.7 Å². The van der Waals surface area contributed by atoms with Crippen LogP contribution in [0.3, 0.4) is 0 Å². The second-order valence-electron chi connectivity index (χ2n) is 10.1. The average molecular weight is 541 g/mol. The number of carbonyl (C=O) groups is 1. The van der Waals surface area contributed by atoms with E-state index in [-0.39, 0.29) is 30.0 Å². The van der Waals surface area contributed by atoms with Gasteiger partial charge in [-0.15, -0.1) is 0 Å². The molecule has 1 saturated carbocycles. The third-order valence-corrected chi connectivity index (χ3v) is 7.58. The van der Waals surface area contributed by atoms with Gasteiger partial charge in [-0.25, -0.2) is 14.8 Å². The van der Waals surface area contributed by atoms with Gasteiger partial charge in [0.1, 0.15) is 18.3 Å². The number of nitrogens with zero attached hydrogens (tertiary/aromatic N) is 3. The topological polar surface area (TPSA) is 97.8 Å². The Morgan fingerprint density at radius 1 is 1.18 bits per heavy atom. The fraction of sp³-hybridized carbons (Fsp3) is 0.483. The van der Waals surface area contributed by atoms with Gasteiger partial charge < -0.3 is 4.74 Å². The van der Waals surface area contributed by atoms with Gasteiger partial charge in [0.2, 0.25) is 5.88 Å². The lowest BCUT2D eigenvalue weighted by Gasteiger charge is -2.33. The summed E-state index contributed by atoms with van der Waals surface area (Å²) in [5, 5.41) is 0.402. The summed E-state index contributed by atoms with van der Waals surface area (Å²) in [5.41, 5.74) is 0.545. The van der Waals surface area contributed by atoms with E-state index in [2.05, 4.69) is 26.9 Å². The molecule has 1 aromatic carbocycles. The number of nitrogens with one attached hydrogen (secondary N) is 1. The summed E-state index contributed by atoms with van der Waals surface area (Å²) in [6.45, 7) is 3.50. The first-order valence-electron chi connectivity index (χ1n) is 13.3. The maximum absolute atomic E-state index is 13.9. The van der Waals surface area contributed by atoms with E-state index in [0.717, 1.165) is 37.7 Å². The van der Waals surface area contributed by atoms with Crippen LogP contribution in [0.15, 0.2) is 41.3 Å². The van der Waals surface area contributed by atoms with E-state index in [1.807, 2.05) is 19.1 Å². The lowest BCUT2D eigenvalue weighted by Crippen LogP contribution is -2.35. The molecule has 7 nitrogen and oxygen atoms in total. The van der Waals surface area contributed by atoms with Gasteiger partial charge in [0.15, 0.2) is 5.82 Å². The molecule has 9 heteroatoms. The third kappa shape index (κ3) is 6.65. The van der Waals surface area contributed by atoms with Gasteiger partial charge in [-0.1, -0.05) is 50.3 Å². The lowest BCUT2D eigenvalue weighted by atomic mass is 9.71. The standard InChI is InChI=1S/C29H34ClFN4O3/c1-3-7-19(2)38-25-13-10-21(17-32-25)26-33-27(35-28(37)34-26)22-16-20(8-11-23(22)30)9-12-24(36)29(18-31)14-5-4-6-15-29/h8,10-11,13,16-17,19H,3-7,9,12,14-15,18H2,1-2H3,(H,33,34,35,37)/t19-/m1/s1.